The highest BCUT2D eigenvalue weighted by Crippen LogP contribution is 2.42. The van der Waals surface area contributed by atoms with E-state index in [9.17, 15) is 0 Å². The molecule has 60 heavy (non-hydrogen) atoms. The molecule has 3 nitrogen and oxygen atoms in total. The van der Waals surface area contributed by atoms with Crippen molar-refractivity contribution in [3.8, 4) is 33.6 Å². The van der Waals surface area contributed by atoms with Crippen LogP contribution in [-0.2, 0) is 6.42 Å². The van der Waals surface area contributed by atoms with Gasteiger partial charge in [-0.15, -0.1) is 13.2 Å². The molecule has 11 aromatic rings. The number of benzene rings is 8. The monoisotopic (exact) mass is 794 g/mol. The predicted octanol–water partition coefficient (Wildman–Crippen LogP) is 15.9. The third-order valence-corrected chi connectivity index (χ3v) is 11.3. The second kappa shape index (κ2) is 16.3. The molecule has 0 atom stereocenters. The Morgan fingerprint density at radius 1 is 0.433 bits per heavy atom. The number of allylic oxidation sites excluding steroid dienone is 2. The summed E-state index contributed by atoms with van der Waals surface area (Å²) in [6.07, 6.45) is 6.20. The van der Waals surface area contributed by atoms with Gasteiger partial charge in [-0.25, -0.2) is 0 Å². The topological polar surface area (TPSA) is 23.0 Å². The number of fused-ring (bicyclic) bond motifs is 12. The number of thiol groups is 1. The maximum absolute atomic E-state index is 6.17. The zero-order valence-corrected chi connectivity index (χ0v) is 35.1. The van der Waals surface area contributed by atoms with Crippen LogP contribution in [0, 0.1) is 0 Å². The summed E-state index contributed by atoms with van der Waals surface area (Å²) < 4.78 is 11.0. The molecule has 8 aromatic carbocycles. The zero-order chi connectivity index (χ0) is 41.3. The zero-order valence-electron chi connectivity index (χ0n) is 34.2. The molecule has 0 fully saturated rings. The van der Waals surface area contributed by atoms with Crippen molar-refractivity contribution in [2.24, 2.45) is 0 Å². The predicted molar refractivity (Wildman–Crippen MR) is 263 cm³/mol. The summed E-state index contributed by atoms with van der Waals surface area (Å²) in [5.41, 5.74) is 16.9. The van der Waals surface area contributed by atoms with Crippen molar-refractivity contribution in [1.29, 1.82) is 0 Å². The lowest BCUT2D eigenvalue weighted by Gasteiger charge is -2.11. The molecule has 0 radical (unpaired) electrons. The fourth-order valence-electron chi connectivity index (χ4n) is 8.97. The standard InChI is InChI=1S/C49H30N2O.2C3H6.CH4S/c1-2-10-36-32(9-1)25-33-17-20-34(28-40(33)36)50-44-14-6-3-11-37(44)41-26-30(18-22-46(41)50)31-19-23-47-42(27-31)38-12-4-7-15-45(38)51(47)35-21-24-49-43(29-35)39-13-5-8-16-48(39)52-49;2*1-3-2;1-2/h1-24,26-29H,25H2;2*3H,1H2,2H3;2H,1H3. The molecule has 1 aliphatic carbocycles. The van der Waals surface area contributed by atoms with E-state index < -0.39 is 0 Å². The van der Waals surface area contributed by atoms with Crippen LogP contribution in [-0.4, -0.2) is 15.4 Å². The van der Waals surface area contributed by atoms with Crippen LogP contribution < -0.4 is 0 Å². The van der Waals surface area contributed by atoms with E-state index in [0.717, 1.165) is 34.0 Å². The Hall–Kier alpha value is -7.01. The molecule has 1 aliphatic rings. The molecule has 3 heterocycles. The molecule has 0 unspecified atom stereocenters. The Kier molecular flexibility index (Phi) is 10.5. The van der Waals surface area contributed by atoms with Crippen LogP contribution in [0.25, 0.3) is 99.2 Å². The normalized spacial score (nSPS) is 11.4. The Bertz CT molecular complexity index is 3390. The van der Waals surface area contributed by atoms with Crippen LogP contribution in [0.3, 0.4) is 0 Å². The highest BCUT2D eigenvalue weighted by Gasteiger charge is 2.21. The second-order valence-electron chi connectivity index (χ2n) is 14.9. The smallest absolute Gasteiger partial charge is 0.135 e. The highest BCUT2D eigenvalue weighted by atomic mass is 32.1. The number of hydrogen-bond acceptors (Lipinski definition) is 2. The first-order chi connectivity index (χ1) is 29.6. The molecule has 0 N–H and O–H groups in total. The number of hydrogen-bond donors (Lipinski definition) is 1. The number of nitrogens with zero attached hydrogens (tertiary/aromatic N) is 2. The lowest BCUT2D eigenvalue weighted by atomic mass is 10.0. The van der Waals surface area contributed by atoms with Crippen molar-refractivity contribution in [2.45, 2.75) is 20.3 Å². The van der Waals surface area contributed by atoms with E-state index in [2.05, 4.69) is 193 Å². The van der Waals surface area contributed by atoms with Crippen LogP contribution in [0.4, 0.5) is 0 Å². The summed E-state index contributed by atoms with van der Waals surface area (Å²) in [7, 11) is 0. The van der Waals surface area contributed by atoms with E-state index in [1.807, 2.05) is 26.0 Å². The van der Waals surface area contributed by atoms with Gasteiger partial charge in [-0.2, -0.15) is 12.6 Å². The van der Waals surface area contributed by atoms with Gasteiger partial charge in [0.15, 0.2) is 0 Å². The summed E-state index contributed by atoms with van der Waals surface area (Å²) in [4.78, 5) is 0. The summed E-state index contributed by atoms with van der Waals surface area (Å²) in [5, 5.41) is 7.28. The molecule has 0 spiro atoms. The third kappa shape index (κ3) is 6.41. The third-order valence-electron chi connectivity index (χ3n) is 11.3. The van der Waals surface area contributed by atoms with E-state index in [1.54, 1.807) is 18.4 Å². The highest BCUT2D eigenvalue weighted by molar-refractivity contribution is 7.79. The van der Waals surface area contributed by atoms with Gasteiger partial charge < -0.3 is 13.6 Å². The molecule has 12 rings (SSSR count). The maximum Gasteiger partial charge on any atom is 0.135 e. The van der Waals surface area contributed by atoms with Gasteiger partial charge in [-0.3, -0.25) is 0 Å². The molecule has 0 amide bonds. The summed E-state index contributed by atoms with van der Waals surface area (Å²) >= 11 is 3.53. The largest absolute Gasteiger partial charge is 0.456 e. The van der Waals surface area contributed by atoms with Crippen molar-refractivity contribution in [2.75, 3.05) is 6.26 Å². The molecule has 0 aliphatic heterocycles. The lowest BCUT2D eigenvalue weighted by molar-refractivity contribution is 0.669. The van der Waals surface area contributed by atoms with Crippen LogP contribution in [0.5, 0.6) is 0 Å². The molecule has 0 saturated heterocycles. The minimum atomic E-state index is 0.909. The van der Waals surface area contributed by atoms with Crippen LogP contribution in [0.2, 0.25) is 0 Å². The van der Waals surface area contributed by atoms with Crippen LogP contribution in [0.15, 0.2) is 200 Å². The Morgan fingerprint density at radius 2 is 0.900 bits per heavy atom. The van der Waals surface area contributed by atoms with Crippen LogP contribution in [0.1, 0.15) is 25.0 Å². The fraction of sp³-hybridized carbons (Fsp3) is 0.0714. The lowest BCUT2D eigenvalue weighted by Crippen LogP contribution is -1.95. The molecule has 4 heteroatoms. The maximum atomic E-state index is 6.17. The summed E-state index contributed by atoms with van der Waals surface area (Å²) in [6.45, 7) is 10.5. The Labute approximate surface area is 356 Å². The molecule has 3 aromatic heterocycles. The van der Waals surface area contributed by atoms with E-state index >= 15 is 0 Å². The summed E-state index contributed by atoms with van der Waals surface area (Å²) in [5.74, 6) is 0. The minimum absolute atomic E-state index is 0.909. The Balaban J connectivity index is 0.000000541. The first-order valence-electron chi connectivity index (χ1n) is 20.4. The van der Waals surface area contributed by atoms with Gasteiger partial charge in [0.25, 0.3) is 0 Å². The summed E-state index contributed by atoms with van der Waals surface area (Å²) in [6, 6.07) is 62.1. The molecule has 292 valence electrons. The van der Waals surface area contributed by atoms with E-state index in [4.69, 9.17) is 4.42 Å². The molecule has 0 bridgehead atoms. The quantitative estimate of drug-likeness (QED) is 0.140. The van der Waals surface area contributed by atoms with Crippen molar-refractivity contribution in [3.05, 3.63) is 206 Å². The number of para-hydroxylation sites is 3. The van der Waals surface area contributed by atoms with E-state index in [-0.39, 0.29) is 0 Å². The first kappa shape index (κ1) is 38.5. The van der Waals surface area contributed by atoms with Gasteiger partial charge in [0.05, 0.1) is 22.1 Å². The number of aromatic nitrogens is 2. The van der Waals surface area contributed by atoms with Gasteiger partial charge in [-0.05, 0) is 133 Å². The average Bonchev–Trinajstić information content (AvgIpc) is 4.04. The van der Waals surface area contributed by atoms with Crippen LogP contribution >= 0.6 is 12.6 Å². The Morgan fingerprint density at radius 3 is 1.53 bits per heavy atom. The fourth-order valence-corrected chi connectivity index (χ4v) is 8.97. The molecular weight excluding hydrogens is 749 g/mol. The van der Waals surface area contributed by atoms with Crippen molar-refractivity contribution in [1.82, 2.24) is 9.13 Å². The van der Waals surface area contributed by atoms with Gasteiger partial charge in [0.2, 0.25) is 0 Å². The average molecular weight is 795 g/mol. The van der Waals surface area contributed by atoms with Crippen molar-refractivity contribution >= 4 is 78.2 Å². The molecular formula is C56H46N2OS. The van der Waals surface area contributed by atoms with Crippen molar-refractivity contribution in [3.63, 3.8) is 0 Å². The van der Waals surface area contributed by atoms with Gasteiger partial charge in [-0.1, -0.05) is 109 Å². The van der Waals surface area contributed by atoms with Gasteiger partial charge in [0, 0.05) is 43.7 Å². The first-order valence-corrected chi connectivity index (χ1v) is 21.3. The van der Waals surface area contributed by atoms with E-state index in [0.29, 0.717) is 0 Å². The van der Waals surface area contributed by atoms with Crippen molar-refractivity contribution < 1.29 is 4.42 Å². The number of furan rings is 1. The van der Waals surface area contributed by atoms with Gasteiger partial charge in [0.1, 0.15) is 11.2 Å². The van der Waals surface area contributed by atoms with E-state index in [1.165, 1.54) is 82.7 Å². The van der Waals surface area contributed by atoms with Gasteiger partial charge >= 0.3 is 0 Å². The second-order valence-corrected chi connectivity index (χ2v) is 14.9. The SMILES string of the molecule is C=CC.C=CC.CS.c1ccc2c(c1)Cc1ccc(-n3c4ccccc4c4cc(-c5ccc6c(c5)c5ccccc5n6-c5ccc6oc7ccccc7c6c5)ccc43)cc1-2. The molecule has 0 saturated carbocycles. The number of rotatable bonds is 3. The minimum Gasteiger partial charge on any atom is -0.456 e.